The van der Waals surface area contributed by atoms with Crippen LogP contribution in [-0.4, -0.2) is 11.5 Å². The van der Waals surface area contributed by atoms with Crippen molar-refractivity contribution in [1.29, 1.82) is 0 Å². The lowest BCUT2D eigenvalue weighted by atomic mass is 9.70. The Morgan fingerprint density at radius 2 is 1.79 bits per heavy atom. The van der Waals surface area contributed by atoms with Gasteiger partial charge in [0.25, 0.3) is 0 Å². The van der Waals surface area contributed by atoms with Gasteiger partial charge >= 0.3 is 0 Å². The monoisotopic (exact) mass is 314 g/mol. The zero-order valence-electron chi connectivity index (χ0n) is 13.3. The lowest BCUT2D eigenvalue weighted by molar-refractivity contribution is 0.272. The second-order valence-electron chi connectivity index (χ2n) is 6.43. The number of para-hydroxylation sites is 1. The molecule has 0 saturated heterocycles. The van der Waals surface area contributed by atoms with Gasteiger partial charge in [0.1, 0.15) is 0 Å². The Balaban J connectivity index is 1.74. The molecule has 1 heterocycles. The maximum absolute atomic E-state index is 8.48. The third-order valence-electron chi connectivity index (χ3n) is 4.88. The average Bonchev–Trinajstić information content (AvgIpc) is 2.60. The van der Waals surface area contributed by atoms with Gasteiger partial charge in [-0.05, 0) is 47.9 Å². The van der Waals surface area contributed by atoms with Crippen LogP contribution in [0.3, 0.4) is 0 Å². The van der Waals surface area contributed by atoms with Crippen molar-refractivity contribution in [2.45, 2.75) is 18.8 Å². The first kappa shape index (κ1) is 14.7. The average molecular weight is 314 g/mol. The Labute approximate surface area is 140 Å². The molecule has 0 N–H and O–H groups in total. The van der Waals surface area contributed by atoms with Gasteiger partial charge in [-0.15, -0.1) is 0 Å². The largest absolute Gasteiger partial charge is 0.247 e. The highest BCUT2D eigenvalue weighted by Gasteiger charge is 2.32. The summed E-state index contributed by atoms with van der Waals surface area (Å²) in [5.41, 5.74) is 13.1. The van der Waals surface area contributed by atoms with Crippen LogP contribution in [0.25, 0.3) is 32.6 Å². The predicted molar refractivity (Wildman–Crippen MR) is 96.7 cm³/mol. The second kappa shape index (κ2) is 6.34. The summed E-state index contributed by atoms with van der Waals surface area (Å²) in [5.74, 6) is 0.997. The number of aromatic nitrogens is 1. The summed E-state index contributed by atoms with van der Waals surface area (Å²) >= 11 is 0. The van der Waals surface area contributed by atoms with Crippen LogP contribution in [0.15, 0.2) is 65.8 Å². The normalized spacial score (nSPS) is 19.5. The first-order chi connectivity index (χ1) is 11.8. The summed E-state index contributed by atoms with van der Waals surface area (Å²) in [6.45, 7) is 0.606. The van der Waals surface area contributed by atoms with E-state index in [1.54, 1.807) is 0 Å². The summed E-state index contributed by atoms with van der Waals surface area (Å²) < 4.78 is 0. The van der Waals surface area contributed by atoms with Gasteiger partial charge in [0, 0.05) is 22.4 Å². The van der Waals surface area contributed by atoms with Crippen molar-refractivity contribution in [3.63, 3.8) is 0 Å². The Bertz CT molecular complexity index is 907. The van der Waals surface area contributed by atoms with Crippen LogP contribution in [0.4, 0.5) is 0 Å². The van der Waals surface area contributed by atoms with Gasteiger partial charge in [-0.25, -0.2) is 4.98 Å². The number of fused-ring (bicyclic) bond motifs is 1. The highest BCUT2D eigenvalue weighted by Crippen LogP contribution is 2.45. The van der Waals surface area contributed by atoms with Gasteiger partial charge in [-0.1, -0.05) is 53.6 Å². The molecule has 0 amide bonds. The third kappa shape index (κ3) is 2.72. The minimum atomic E-state index is 0.496. The molecule has 0 atom stereocenters. The fourth-order valence-corrected chi connectivity index (χ4v) is 3.56. The van der Waals surface area contributed by atoms with E-state index in [9.17, 15) is 0 Å². The maximum Gasteiger partial charge on any atom is 0.0744 e. The molecule has 1 fully saturated rings. The predicted octanol–water partition coefficient (Wildman–Crippen LogP) is 5.71. The van der Waals surface area contributed by atoms with Crippen molar-refractivity contribution in [1.82, 2.24) is 4.98 Å². The number of pyridine rings is 1. The minimum absolute atomic E-state index is 0.496. The van der Waals surface area contributed by atoms with E-state index in [1.165, 1.54) is 10.9 Å². The topological polar surface area (TPSA) is 61.7 Å². The van der Waals surface area contributed by atoms with Crippen LogP contribution < -0.4 is 0 Å². The Morgan fingerprint density at radius 3 is 2.58 bits per heavy atom. The molecule has 0 radical (unpaired) electrons. The van der Waals surface area contributed by atoms with Crippen molar-refractivity contribution in [2.24, 2.45) is 11.0 Å². The van der Waals surface area contributed by atoms with Crippen molar-refractivity contribution >= 4 is 10.9 Å². The van der Waals surface area contributed by atoms with Gasteiger partial charge < -0.3 is 0 Å². The second-order valence-corrected chi connectivity index (χ2v) is 6.43. The molecule has 0 unspecified atom stereocenters. The number of benzene rings is 2. The number of hydrogen-bond donors (Lipinski definition) is 0. The van der Waals surface area contributed by atoms with Gasteiger partial charge in [-0.3, -0.25) is 0 Å². The van der Waals surface area contributed by atoms with E-state index in [0.717, 1.165) is 29.6 Å². The molecule has 4 nitrogen and oxygen atoms in total. The molecule has 4 rings (SSSR count). The van der Waals surface area contributed by atoms with Crippen LogP contribution in [0.1, 0.15) is 24.3 Å². The lowest BCUT2D eigenvalue weighted by Gasteiger charge is -2.35. The Morgan fingerprint density at radius 1 is 1.04 bits per heavy atom. The van der Waals surface area contributed by atoms with E-state index in [4.69, 9.17) is 10.5 Å². The standard InChI is InChI=1S/C20H18N4/c21-24-22-13-14-10-17(11-14)18-12-16-8-4-5-9-19(16)23-20(18)15-6-2-1-3-7-15/h1-9,12,14,17H,10-11,13H2. The molecular formula is C20H18N4. The van der Waals surface area contributed by atoms with E-state index in [0.29, 0.717) is 18.4 Å². The maximum atomic E-state index is 8.48. The number of rotatable bonds is 4. The molecule has 1 aliphatic carbocycles. The van der Waals surface area contributed by atoms with Gasteiger partial charge in [0.2, 0.25) is 0 Å². The van der Waals surface area contributed by atoms with Crippen molar-refractivity contribution in [3.05, 3.63) is 76.7 Å². The van der Waals surface area contributed by atoms with E-state index >= 15 is 0 Å². The first-order valence-corrected chi connectivity index (χ1v) is 8.31. The zero-order chi connectivity index (χ0) is 16.4. The van der Waals surface area contributed by atoms with E-state index < -0.39 is 0 Å². The van der Waals surface area contributed by atoms with Crippen LogP contribution in [-0.2, 0) is 0 Å². The van der Waals surface area contributed by atoms with Crippen molar-refractivity contribution in [2.75, 3.05) is 6.54 Å². The highest BCUT2D eigenvalue weighted by atomic mass is 15.1. The van der Waals surface area contributed by atoms with Crippen molar-refractivity contribution in [3.8, 4) is 11.3 Å². The van der Waals surface area contributed by atoms with Gasteiger partial charge in [-0.2, -0.15) is 0 Å². The Kier molecular flexibility index (Phi) is 3.89. The lowest BCUT2D eigenvalue weighted by Crippen LogP contribution is -2.24. The van der Waals surface area contributed by atoms with Crippen LogP contribution in [0.5, 0.6) is 0 Å². The zero-order valence-corrected chi connectivity index (χ0v) is 13.3. The molecular weight excluding hydrogens is 296 g/mol. The highest BCUT2D eigenvalue weighted by molar-refractivity contribution is 5.83. The molecule has 3 aromatic rings. The summed E-state index contributed by atoms with van der Waals surface area (Å²) in [6.07, 6.45) is 2.14. The Hall–Kier alpha value is -2.84. The molecule has 1 aromatic heterocycles. The van der Waals surface area contributed by atoms with E-state index in [-0.39, 0.29) is 0 Å². The van der Waals surface area contributed by atoms with Crippen LogP contribution >= 0.6 is 0 Å². The molecule has 24 heavy (non-hydrogen) atoms. The first-order valence-electron chi connectivity index (χ1n) is 8.31. The fourth-order valence-electron chi connectivity index (χ4n) is 3.56. The summed E-state index contributed by atoms with van der Waals surface area (Å²) in [6, 6.07) is 21.0. The molecule has 0 aliphatic heterocycles. The molecule has 0 bridgehead atoms. The smallest absolute Gasteiger partial charge is 0.0744 e. The van der Waals surface area contributed by atoms with Gasteiger partial charge in [0.15, 0.2) is 0 Å². The third-order valence-corrected chi connectivity index (χ3v) is 4.88. The van der Waals surface area contributed by atoms with E-state index in [2.05, 4.69) is 58.6 Å². The summed E-state index contributed by atoms with van der Waals surface area (Å²) in [5, 5.41) is 4.90. The summed E-state index contributed by atoms with van der Waals surface area (Å²) in [7, 11) is 0. The molecule has 1 saturated carbocycles. The SMILES string of the molecule is [N-]=[N+]=NCC1CC(c2cc3ccccc3nc2-c2ccccc2)C1. The quantitative estimate of drug-likeness (QED) is 0.346. The molecule has 4 heteroatoms. The van der Waals surface area contributed by atoms with Crippen LogP contribution in [0, 0.1) is 5.92 Å². The van der Waals surface area contributed by atoms with Gasteiger partial charge in [0.05, 0.1) is 11.2 Å². The summed E-state index contributed by atoms with van der Waals surface area (Å²) in [4.78, 5) is 7.83. The number of azide groups is 1. The number of hydrogen-bond acceptors (Lipinski definition) is 2. The minimum Gasteiger partial charge on any atom is -0.247 e. The van der Waals surface area contributed by atoms with Crippen molar-refractivity contribution < 1.29 is 0 Å². The molecule has 1 aliphatic rings. The molecule has 0 spiro atoms. The fraction of sp³-hybridized carbons (Fsp3) is 0.250. The van der Waals surface area contributed by atoms with E-state index in [1.807, 2.05) is 12.1 Å². The molecule has 2 aromatic carbocycles. The molecule has 118 valence electrons. The van der Waals surface area contributed by atoms with Crippen LogP contribution in [0.2, 0.25) is 0 Å². The number of nitrogens with zero attached hydrogens (tertiary/aromatic N) is 4.